The minimum atomic E-state index is 0.394. The van der Waals surface area contributed by atoms with Crippen molar-refractivity contribution < 1.29 is 4.74 Å². The minimum absolute atomic E-state index is 0.394. The fourth-order valence-electron chi connectivity index (χ4n) is 1.46. The number of anilines is 2. The highest BCUT2D eigenvalue weighted by Gasteiger charge is 2.29. The summed E-state index contributed by atoms with van der Waals surface area (Å²) in [5.41, 5.74) is 5.69. The highest BCUT2D eigenvalue weighted by atomic mass is 16.5. The van der Waals surface area contributed by atoms with Gasteiger partial charge in [0.2, 0.25) is 5.75 Å². The summed E-state index contributed by atoms with van der Waals surface area (Å²) in [5, 5.41) is 0. The highest BCUT2D eigenvalue weighted by molar-refractivity contribution is 5.63. The first-order valence-corrected chi connectivity index (χ1v) is 4.61. The van der Waals surface area contributed by atoms with Crippen molar-refractivity contribution in [3.63, 3.8) is 0 Å². The Morgan fingerprint density at radius 2 is 2.21 bits per heavy atom. The van der Waals surface area contributed by atoms with E-state index in [1.807, 2.05) is 7.05 Å². The van der Waals surface area contributed by atoms with Crippen molar-refractivity contribution in [3.8, 4) is 5.75 Å². The van der Waals surface area contributed by atoms with Gasteiger partial charge in [0.15, 0.2) is 11.6 Å². The van der Waals surface area contributed by atoms with Gasteiger partial charge in [-0.15, -0.1) is 0 Å². The molecule has 0 aliphatic heterocycles. The Morgan fingerprint density at radius 3 is 2.79 bits per heavy atom. The molecule has 0 radical (unpaired) electrons. The quantitative estimate of drug-likeness (QED) is 0.766. The Kier molecular flexibility index (Phi) is 2.15. The SMILES string of the molecule is COc1c(N)ncnc1N(C)C1CC1. The van der Waals surface area contributed by atoms with Gasteiger partial charge < -0.3 is 15.4 Å². The summed E-state index contributed by atoms with van der Waals surface area (Å²) in [5.74, 6) is 1.74. The summed E-state index contributed by atoms with van der Waals surface area (Å²) in [6.45, 7) is 0. The lowest BCUT2D eigenvalue weighted by Crippen LogP contribution is -2.22. The van der Waals surface area contributed by atoms with Gasteiger partial charge in [-0.1, -0.05) is 0 Å². The maximum absolute atomic E-state index is 5.69. The van der Waals surface area contributed by atoms with E-state index in [0.717, 1.165) is 5.82 Å². The molecule has 5 nitrogen and oxygen atoms in total. The van der Waals surface area contributed by atoms with Crippen LogP contribution in [-0.2, 0) is 0 Å². The lowest BCUT2D eigenvalue weighted by Gasteiger charge is -2.19. The minimum Gasteiger partial charge on any atom is -0.490 e. The van der Waals surface area contributed by atoms with E-state index in [9.17, 15) is 0 Å². The molecule has 0 spiro atoms. The van der Waals surface area contributed by atoms with Crippen molar-refractivity contribution in [2.24, 2.45) is 0 Å². The van der Waals surface area contributed by atoms with E-state index >= 15 is 0 Å². The number of methoxy groups -OCH3 is 1. The number of rotatable bonds is 3. The molecule has 1 heterocycles. The number of nitrogens with zero attached hydrogens (tertiary/aromatic N) is 3. The number of nitrogen functional groups attached to an aromatic ring is 1. The van der Waals surface area contributed by atoms with Crippen LogP contribution in [0.25, 0.3) is 0 Å². The summed E-state index contributed by atoms with van der Waals surface area (Å²) in [6.07, 6.45) is 3.89. The largest absolute Gasteiger partial charge is 0.490 e. The molecular weight excluding hydrogens is 180 g/mol. The molecule has 1 aromatic rings. The van der Waals surface area contributed by atoms with E-state index in [2.05, 4.69) is 14.9 Å². The molecule has 1 aromatic heterocycles. The van der Waals surface area contributed by atoms with Crippen LogP contribution >= 0.6 is 0 Å². The molecular formula is C9H14N4O. The van der Waals surface area contributed by atoms with Crippen LogP contribution < -0.4 is 15.4 Å². The smallest absolute Gasteiger partial charge is 0.204 e. The number of nitrogens with two attached hydrogens (primary N) is 1. The topological polar surface area (TPSA) is 64.3 Å². The van der Waals surface area contributed by atoms with Gasteiger partial charge in [-0.05, 0) is 12.8 Å². The van der Waals surface area contributed by atoms with E-state index < -0.39 is 0 Å². The Balaban J connectivity index is 2.35. The second-order valence-corrected chi connectivity index (χ2v) is 3.46. The lowest BCUT2D eigenvalue weighted by atomic mass is 10.4. The van der Waals surface area contributed by atoms with Crippen molar-refractivity contribution in [1.82, 2.24) is 9.97 Å². The Bertz CT molecular complexity index is 338. The fourth-order valence-corrected chi connectivity index (χ4v) is 1.46. The van der Waals surface area contributed by atoms with Crippen LogP contribution in [0.2, 0.25) is 0 Å². The standard InChI is InChI=1S/C9H14N4O/c1-13(6-3-4-6)9-7(14-2)8(10)11-5-12-9/h5-6H,3-4H2,1-2H3,(H2,10,11,12). The Labute approximate surface area is 82.9 Å². The monoisotopic (exact) mass is 194 g/mol. The normalized spacial score (nSPS) is 15.3. The number of hydrogen-bond donors (Lipinski definition) is 1. The van der Waals surface area contributed by atoms with Gasteiger partial charge in [0, 0.05) is 13.1 Å². The molecule has 1 saturated carbocycles. The van der Waals surface area contributed by atoms with Crippen LogP contribution in [0.4, 0.5) is 11.6 Å². The summed E-state index contributed by atoms with van der Waals surface area (Å²) < 4.78 is 5.18. The van der Waals surface area contributed by atoms with Crippen LogP contribution in [0.3, 0.4) is 0 Å². The second-order valence-electron chi connectivity index (χ2n) is 3.46. The summed E-state index contributed by atoms with van der Waals surface area (Å²) in [4.78, 5) is 10.2. The molecule has 0 atom stereocenters. The van der Waals surface area contributed by atoms with Gasteiger partial charge in [0.25, 0.3) is 0 Å². The van der Waals surface area contributed by atoms with Crippen molar-refractivity contribution in [2.45, 2.75) is 18.9 Å². The first kappa shape index (κ1) is 9.05. The third-order valence-electron chi connectivity index (χ3n) is 2.45. The van der Waals surface area contributed by atoms with Gasteiger partial charge >= 0.3 is 0 Å². The zero-order valence-electron chi connectivity index (χ0n) is 8.40. The van der Waals surface area contributed by atoms with Crippen molar-refractivity contribution in [2.75, 3.05) is 24.8 Å². The van der Waals surface area contributed by atoms with Gasteiger partial charge in [0.05, 0.1) is 7.11 Å². The van der Waals surface area contributed by atoms with Crippen molar-refractivity contribution in [3.05, 3.63) is 6.33 Å². The first-order chi connectivity index (χ1) is 6.74. The maximum atomic E-state index is 5.69. The van der Waals surface area contributed by atoms with E-state index in [1.165, 1.54) is 19.2 Å². The van der Waals surface area contributed by atoms with E-state index in [-0.39, 0.29) is 0 Å². The third-order valence-corrected chi connectivity index (χ3v) is 2.45. The van der Waals surface area contributed by atoms with Gasteiger partial charge in [-0.2, -0.15) is 0 Å². The molecule has 1 aliphatic carbocycles. The van der Waals surface area contributed by atoms with E-state index in [1.54, 1.807) is 7.11 Å². The zero-order chi connectivity index (χ0) is 10.1. The number of hydrogen-bond acceptors (Lipinski definition) is 5. The molecule has 0 amide bonds. The van der Waals surface area contributed by atoms with Crippen LogP contribution in [0.15, 0.2) is 6.33 Å². The van der Waals surface area contributed by atoms with Gasteiger partial charge in [-0.25, -0.2) is 9.97 Å². The molecule has 0 unspecified atom stereocenters. The molecule has 2 N–H and O–H groups in total. The molecule has 0 bridgehead atoms. The summed E-state index contributed by atoms with van der Waals surface area (Å²) in [6, 6.07) is 0.582. The molecule has 5 heteroatoms. The molecule has 1 aliphatic rings. The zero-order valence-corrected chi connectivity index (χ0v) is 8.40. The average molecular weight is 194 g/mol. The lowest BCUT2D eigenvalue weighted by molar-refractivity contribution is 0.413. The number of aromatic nitrogens is 2. The van der Waals surface area contributed by atoms with Crippen LogP contribution in [0.1, 0.15) is 12.8 Å². The molecule has 0 aromatic carbocycles. The second kappa shape index (κ2) is 3.32. The predicted molar refractivity (Wildman–Crippen MR) is 54.4 cm³/mol. The average Bonchev–Trinajstić information content (AvgIpc) is 2.99. The fraction of sp³-hybridized carbons (Fsp3) is 0.556. The van der Waals surface area contributed by atoms with Gasteiger partial charge in [0.1, 0.15) is 6.33 Å². The third kappa shape index (κ3) is 1.45. The van der Waals surface area contributed by atoms with Crippen molar-refractivity contribution >= 4 is 11.6 Å². The summed E-state index contributed by atoms with van der Waals surface area (Å²) >= 11 is 0. The van der Waals surface area contributed by atoms with Crippen molar-refractivity contribution in [1.29, 1.82) is 0 Å². The number of ether oxygens (including phenoxy) is 1. The van der Waals surface area contributed by atoms with Crippen LogP contribution in [-0.4, -0.2) is 30.2 Å². The van der Waals surface area contributed by atoms with E-state index in [0.29, 0.717) is 17.6 Å². The molecule has 76 valence electrons. The molecule has 14 heavy (non-hydrogen) atoms. The maximum Gasteiger partial charge on any atom is 0.204 e. The Morgan fingerprint density at radius 1 is 1.50 bits per heavy atom. The van der Waals surface area contributed by atoms with Crippen LogP contribution in [0.5, 0.6) is 5.75 Å². The predicted octanol–water partition coefficient (Wildman–Crippen LogP) is 0.666. The molecule has 0 saturated heterocycles. The first-order valence-electron chi connectivity index (χ1n) is 4.61. The van der Waals surface area contributed by atoms with Gasteiger partial charge in [-0.3, -0.25) is 0 Å². The highest BCUT2D eigenvalue weighted by Crippen LogP contribution is 2.35. The van der Waals surface area contributed by atoms with E-state index in [4.69, 9.17) is 10.5 Å². The molecule has 1 fully saturated rings. The van der Waals surface area contributed by atoms with Crippen LogP contribution in [0, 0.1) is 0 Å². The summed E-state index contributed by atoms with van der Waals surface area (Å²) in [7, 11) is 3.58. The molecule has 2 rings (SSSR count). The Hall–Kier alpha value is -1.52.